The molecule has 3 atom stereocenters. The number of aliphatic hydroxyl groups excluding tert-OH is 1. The summed E-state index contributed by atoms with van der Waals surface area (Å²) in [6.07, 6.45) is 2.36. The van der Waals surface area contributed by atoms with E-state index in [0.29, 0.717) is 28.2 Å². The fraction of sp³-hybridized carbons (Fsp3) is 0.208. The highest BCUT2D eigenvalue weighted by atomic mass is 32.2. The summed E-state index contributed by atoms with van der Waals surface area (Å²) in [6, 6.07) is 12.2. The number of imidazole rings is 1. The van der Waals surface area contributed by atoms with E-state index < -0.39 is 27.1 Å². The number of carbonyl (C=O) groups is 1. The number of phenolic OH excluding ortho intramolecular Hbond substituents is 1. The minimum Gasteiger partial charge on any atom is -0.504 e. The highest BCUT2D eigenvalue weighted by Gasteiger charge is 2.51. The summed E-state index contributed by atoms with van der Waals surface area (Å²) in [5, 5.41) is 44.7. The van der Waals surface area contributed by atoms with Crippen molar-refractivity contribution in [3.05, 3.63) is 77.5 Å². The SMILES string of the molecule is COc1cc([C@]2(c3ncc[nH]3)S[C@@H](c3c(/C(=N/O)C(=O)O)[nH]c4ccccc34)SC[C@H]2O)ccc1O. The van der Waals surface area contributed by atoms with Crippen LogP contribution in [0.15, 0.2) is 60.0 Å². The molecule has 10 nitrogen and oxygen atoms in total. The van der Waals surface area contributed by atoms with E-state index in [0.717, 1.165) is 5.39 Å². The summed E-state index contributed by atoms with van der Waals surface area (Å²) in [4.78, 5) is 22.6. The van der Waals surface area contributed by atoms with Crippen LogP contribution in [-0.4, -0.2) is 66.1 Å². The van der Waals surface area contributed by atoms with Gasteiger partial charge in [0.05, 0.1) is 23.5 Å². The third-order valence-corrected chi connectivity index (χ3v) is 9.41. The predicted molar refractivity (Wildman–Crippen MR) is 137 cm³/mol. The van der Waals surface area contributed by atoms with Crippen molar-refractivity contribution < 1.29 is 30.1 Å². The van der Waals surface area contributed by atoms with Crippen LogP contribution in [0, 0.1) is 0 Å². The number of aliphatic carboxylic acids is 1. The number of fused-ring (bicyclic) bond motifs is 1. The average molecular weight is 527 g/mol. The van der Waals surface area contributed by atoms with Crippen molar-refractivity contribution >= 4 is 46.1 Å². The van der Waals surface area contributed by atoms with Crippen LogP contribution in [-0.2, 0) is 9.54 Å². The topological polar surface area (TPSA) is 164 Å². The van der Waals surface area contributed by atoms with Crippen molar-refractivity contribution in [1.29, 1.82) is 0 Å². The van der Waals surface area contributed by atoms with Gasteiger partial charge in [-0.05, 0) is 23.8 Å². The summed E-state index contributed by atoms with van der Waals surface area (Å²) >= 11 is 2.83. The molecule has 0 spiro atoms. The second-order valence-corrected chi connectivity index (χ2v) is 10.9. The van der Waals surface area contributed by atoms with Crippen molar-refractivity contribution in [2.75, 3.05) is 12.9 Å². The van der Waals surface area contributed by atoms with E-state index in [1.165, 1.54) is 36.7 Å². The molecule has 1 saturated heterocycles. The normalized spacial score (nSPS) is 22.6. The second-order valence-electron chi connectivity index (χ2n) is 8.07. The number of carboxylic acid groups (broad SMARTS) is 1. The second kappa shape index (κ2) is 9.45. The van der Waals surface area contributed by atoms with Crippen molar-refractivity contribution in [3.8, 4) is 11.5 Å². The number of benzene rings is 2. The average Bonchev–Trinajstić information content (AvgIpc) is 3.54. The standard InChI is InChI=1S/C24H22N4O6S2/c1-34-16-10-12(6-7-15(16)29)24(23-25-8-9-26-23)17(30)11-35-22(36-24)18-13-4-2-3-5-14(13)27-19(18)20(28-33)21(31)32/h2-10,17,22,27,29-30,33H,11H2,1H3,(H,25,26)(H,31,32)/b28-20-/t17-,22+,24+/m1/s1. The number of aromatic hydroxyl groups is 1. The lowest BCUT2D eigenvalue weighted by atomic mass is 9.91. The van der Waals surface area contributed by atoms with Gasteiger partial charge in [0.2, 0.25) is 5.71 Å². The first kappa shape index (κ1) is 24.1. The Morgan fingerprint density at radius 3 is 2.78 bits per heavy atom. The molecule has 36 heavy (non-hydrogen) atoms. The maximum atomic E-state index is 11.9. The number of aromatic nitrogens is 3. The Bertz CT molecular complexity index is 1450. The van der Waals surface area contributed by atoms with Crippen molar-refractivity contribution in [2.45, 2.75) is 15.4 Å². The predicted octanol–water partition coefficient (Wildman–Crippen LogP) is 3.65. The zero-order valence-corrected chi connectivity index (χ0v) is 20.5. The molecular weight excluding hydrogens is 504 g/mol. The van der Waals surface area contributed by atoms with Gasteiger partial charge in [0.1, 0.15) is 10.6 Å². The molecule has 0 unspecified atom stereocenters. The molecule has 1 aliphatic heterocycles. The third kappa shape index (κ3) is 3.77. The van der Waals surface area contributed by atoms with Crippen LogP contribution in [0.25, 0.3) is 10.9 Å². The van der Waals surface area contributed by atoms with E-state index in [2.05, 4.69) is 20.1 Å². The Morgan fingerprint density at radius 1 is 1.28 bits per heavy atom. The molecule has 1 aliphatic rings. The number of carboxylic acids is 1. The highest BCUT2D eigenvalue weighted by Crippen LogP contribution is 2.61. The first-order chi connectivity index (χ1) is 17.4. The van der Waals surface area contributed by atoms with Gasteiger partial charge in [-0.15, -0.1) is 23.5 Å². The largest absolute Gasteiger partial charge is 0.504 e. The van der Waals surface area contributed by atoms with Gasteiger partial charge in [0.25, 0.3) is 0 Å². The van der Waals surface area contributed by atoms with Crippen LogP contribution in [0.2, 0.25) is 0 Å². The fourth-order valence-electron chi connectivity index (χ4n) is 4.50. The number of aromatic amines is 2. The van der Waals surface area contributed by atoms with E-state index >= 15 is 0 Å². The molecule has 2 aromatic heterocycles. The summed E-state index contributed by atoms with van der Waals surface area (Å²) in [5.74, 6) is -0.389. The Morgan fingerprint density at radius 2 is 2.08 bits per heavy atom. The van der Waals surface area contributed by atoms with Crippen LogP contribution in [0.4, 0.5) is 0 Å². The van der Waals surface area contributed by atoms with Crippen LogP contribution in [0.3, 0.4) is 0 Å². The highest BCUT2D eigenvalue weighted by molar-refractivity contribution is 8.17. The number of nitrogens with one attached hydrogen (secondary N) is 2. The molecule has 1 fully saturated rings. The Labute approximate surface area is 213 Å². The summed E-state index contributed by atoms with van der Waals surface area (Å²) in [7, 11) is 1.45. The Hall–Kier alpha value is -3.61. The monoisotopic (exact) mass is 526 g/mol. The van der Waals surface area contributed by atoms with Crippen molar-refractivity contribution in [1.82, 2.24) is 15.0 Å². The molecule has 0 amide bonds. The van der Waals surface area contributed by atoms with E-state index in [1.807, 2.05) is 24.3 Å². The van der Waals surface area contributed by atoms with E-state index in [4.69, 9.17) is 4.74 Å². The minimum absolute atomic E-state index is 0.0405. The van der Waals surface area contributed by atoms with E-state index in [1.54, 1.807) is 24.5 Å². The molecule has 0 saturated carbocycles. The number of aliphatic hydroxyl groups is 1. The number of ether oxygens (including phenoxy) is 1. The molecule has 0 radical (unpaired) electrons. The maximum absolute atomic E-state index is 11.9. The van der Waals surface area contributed by atoms with Crippen molar-refractivity contribution in [3.63, 3.8) is 0 Å². The van der Waals surface area contributed by atoms with Gasteiger partial charge in [0.15, 0.2) is 11.5 Å². The third-order valence-electron chi connectivity index (χ3n) is 6.15. The number of para-hydroxylation sites is 1. The van der Waals surface area contributed by atoms with Gasteiger partial charge in [-0.1, -0.05) is 29.4 Å². The number of hydrogen-bond acceptors (Lipinski definition) is 9. The van der Waals surface area contributed by atoms with Gasteiger partial charge >= 0.3 is 5.97 Å². The van der Waals surface area contributed by atoms with Gasteiger partial charge in [-0.2, -0.15) is 0 Å². The van der Waals surface area contributed by atoms with Gasteiger partial charge in [0, 0.05) is 34.6 Å². The maximum Gasteiger partial charge on any atom is 0.360 e. The van der Waals surface area contributed by atoms with Crippen LogP contribution < -0.4 is 4.74 Å². The molecular formula is C24H22N4O6S2. The number of phenols is 1. The number of H-pyrrole nitrogens is 2. The number of methoxy groups -OCH3 is 1. The van der Waals surface area contributed by atoms with Crippen LogP contribution >= 0.6 is 23.5 Å². The molecule has 4 aromatic rings. The number of hydrogen-bond donors (Lipinski definition) is 6. The first-order valence-corrected chi connectivity index (χ1v) is 12.7. The number of thioether (sulfide) groups is 2. The number of oxime groups is 1. The lowest BCUT2D eigenvalue weighted by molar-refractivity contribution is -0.129. The molecule has 3 heterocycles. The number of nitrogens with zero attached hydrogens (tertiary/aromatic N) is 2. The molecule has 5 rings (SSSR count). The van der Waals surface area contributed by atoms with Gasteiger partial charge < -0.3 is 35.2 Å². The molecule has 6 N–H and O–H groups in total. The van der Waals surface area contributed by atoms with Gasteiger partial charge in [-0.3, -0.25) is 0 Å². The first-order valence-electron chi connectivity index (χ1n) is 10.8. The summed E-state index contributed by atoms with van der Waals surface area (Å²) in [6.45, 7) is 0. The van der Waals surface area contributed by atoms with Gasteiger partial charge in [-0.25, -0.2) is 9.78 Å². The molecule has 0 aliphatic carbocycles. The molecule has 0 bridgehead atoms. The van der Waals surface area contributed by atoms with E-state index in [-0.39, 0.29) is 17.2 Å². The smallest absolute Gasteiger partial charge is 0.360 e. The zero-order valence-electron chi connectivity index (χ0n) is 18.9. The lowest BCUT2D eigenvalue weighted by Crippen LogP contribution is -2.43. The Balaban J connectivity index is 1.72. The quantitative estimate of drug-likeness (QED) is 0.125. The minimum atomic E-state index is -1.38. The molecule has 12 heteroatoms. The fourth-order valence-corrected chi connectivity index (χ4v) is 8.02. The Kier molecular flexibility index (Phi) is 6.33. The molecule has 2 aromatic carbocycles. The molecule has 186 valence electrons. The summed E-state index contributed by atoms with van der Waals surface area (Å²) in [5.41, 5.74) is 1.63. The van der Waals surface area contributed by atoms with E-state index in [9.17, 15) is 25.3 Å². The lowest BCUT2D eigenvalue weighted by Gasteiger charge is -2.43. The summed E-state index contributed by atoms with van der Waals surface area (Å²) < 4.78 is 3.81. The van der Waals surface area contributed by atoms with Crippen molar-refractivity contribution in [2.24, 2.45) is 5.16 Å². The zero-order chi connectivity index (χ0) is 25.4. The number of rotatable bonds is 6. The van der Waals surface area contributed by atoms with Crippen LogP contribution in [0.5, 0.6) is 11.5 Å². The van der Waals surface area contributed by atoms with Crippen LogP contribution in [0.1, 0.15) is 27.2 Å².